The molecule has 0 aliphatic rings. The van der Waals surface area contributed by atoms with E-state index in [1.807, 2.05) is 4.98 Å². The molecule has 6 nitrogen and oxygen atoms in total. The number of nitrogens with one attached hydrogen (secondary N) is 2. The average Bonchev–Trinajstić information content (AvgIpc) is 2.27. The van der Waals surface area contributed by atoms with Gasteiger partial charge in [0, 0.05) is 6.20 Å². The summed E-state index contributed by atoms with van der Waals surface area (Å²) in [7, 11) is 0. The van der Waals surface area contributed by atoms with Gasteiger partial charge < -0.3 is 10.1 Å². The van der Waals surface area contributed by atoms with Crippen molar-refractivity contribution in [3.05, 3.63) is 56.6 Å². The molecule has 0 radical (unpaired) electrons. The smallest absolute Gasteiger partial charge is 0.335 e. The maximum absolute atomic E-state index is 13.2. The molecule has 1 aromatic heterocycles. The minimum Gasteiger partial charge on any atom is -0.478 e. The van der Waals surface area contributed by atoms with Crippen molar-refractivity contribution in [3.8, 4) is 11.1 Å². The molecule has 0 aliphatic carbocycles. The number of benzene rings is 1. The number of aromatic carboxylic acids is 1. The summed E-state index contributed by atoms with van der Waals surface area (Å²) in [5.41, 5.74) is -1.64. The Bertz CT molecular complexity index is 732. The number of carbonyl (C=O) groups is 1. The highest BCUT2D eigenvalue weighted by atomic mass is 19.1. The van der Waals surface area contributed by atoms with Crippen LogP contribution in [0.25, 0.3) is 11.1 Å². The van der Waals surface area contributed by atoms with Crippen molar-refractivity contribution in [2.24, 2.45) is 0 Å². The van der Waals surface area contributed by atoms with Gasteiger partial charge in [-0.2, -0.15) is 0 Å². The average molecular weight is 250 g/mol. The highest BCUT2D eigenvalue weighted by Crippen LogP contribution is 2.18. The van der Waals surface area contributed by atoms with Crippen LogP contribution >= 0.6 is 0 Å². The fourth-order valence-corrected chi connectivity index (χ4v) is 1.49. The summed E-state index contributed by atoms with van der Waals surface area (Å²) in [6, 6.07) is 3.00. The fourth-order valence-electron chi connectivity index (χ4n) is 1.49. The van der Waals surface area contributed by atoms with Gasteiger partial charge in [0.1, 0.15) is 5.82 Å². The van der Waals surface area contributed by atoms with Crippen molar-refractivity contribution < 1.29 is 14.3 Å². The first kappa shape index (κ1) is 11.8. The molecule has 2 rings (SSSR count). The van der Waals surface area contributed by atoms with Crippen LogP contribution in [-0.2, 0) is 0 Å². The monoisotopic (exact) mass is 250 g/mol. The summed E-state index contributed by atoms with van der Waals surface area (Å²) in [4.78, 5) is 37.3. The van der Waals surface area contributed by atoms with Crippen molar-refractivity contribution in [1.29, 1.82) is 0 Å². The Kier molecular flexibility index (Phi) is 2.80. The van der Waals surface area contributed by atoms with Gasteiger partial charge in [-0.1, -0.05) is 0 Å². The number of aromatic nitrogens is 2. The van der Waals surface area contributed by atoms with E-state index in [0.717, 1.165) is 24.4 Å². The molecule has 0 unspecified atom stereocenters. The van der Waals surface area contributed by atoms with Gasteiger partial charge in [0.15, 0.2) is 0 Å². The zero-order valence-electron chi connectivity index (χ0n) is 8.86. The molecule has 0 bridgehead atoms. The summed E-state index contributed by atoms with van der Waals surface area (Å²) in [5, 5.41) is 8.78. The molecule has 18 heavy (non-hydrogen) atoms. The molecule has 0 amide bonds. The van der Waals surface area contributed by atoms with E-state index in [1.165, 1.54) is 0 Å². The predicted octanol–water partition coefficient (Wildman–Crippen LogP) is 0.567. The van der Waals surface area contributed by atoms with Crippen LogP contribution < -0.4 is 11.2 Å². The van der Waals surface area contributed by atoms with Crippen molar-refractivity contribution in [2.45, 2.75) is 0 Å². The third-order valence-corrected chi connectivity index (χ3v) is 2.28. The Morgan fingerprint density at radius 1 is 1.22 bits per heavy atom. The van der Waals surface area contributed by atoms with Gasteiger partial charge in [-0.05, 0) is 23.8 Å². The second-order valence-electron chi connectivity index (χ2n) is 3.52. The van der Waals surface area contributed by atoms with Crippen molar-refractivity contribution in [3.63, 3.8) is 0 Å². The van der Waals surface area contributed by atoms with Crippen molar-refractivity contribution in [2.75, 3.05) is 0 Å². The van der Waals surface area contributed by atoms with Crippen LogP contribution in [0.2, 0.25) is 0 Å². The van der Waals surface area contributed by atoms with Crippen molar-refractivity contribution >= 4 is 5.97 Å². The molecule has 0 saturated heterocycles. The molecule has 3 N–H and O–H groups in total. The van der Waals surface area contributed by atoms with Crippen LogP contribution in [0.15, 0.2) is 34.0 Å². The van der Waals surface area contributed by atoms with E-state index in [0.29, 0.717) is 0 Å². The number of H-pyrrole nitrogens is 2. The summed E-state index contributed by atoms with van der Waals surface area (Å²) in [6.45, 7) is 0. The third kappa shape index (κ3) is 2.19. The summed E-state index contributed by atoms with van der Waals surface area (Å²) in [6.07, 6.45) is 1.10. The largest absolute Gasteiger partial charge is 0.478 e. The van der Waals surface area contributed by atoms with Gasteiger partial charge in [-0.25, -0.2) is 14.0 Å². The second kappa shape index (κ2) is 4.28. The zero-order valence-corrected chi connectivity index (χ0v) is 8.86. The molecule has 0 aliphatic heterocycles. The number of carboxylic acids is 1. The normalized spacial score (nSPS) is 10.3. The minimum absolute atomic E-state index is 0.0170. The molecule has 0 saturated carbocycles. The maximum Gasteiger partial charge on any atom is 0.335 e. The third-order valence-electron chi connectivity index (χ3n) is 2.28. The molecule has 0 spiro atoms. The summed E-state index contributed by atoms with van der Waals surface area (Å²) >= 11 is 0. The summed E-state index contributed by atoms with van der Waals surface area (Å²) in [5.74, 6) is -2.09. The Morgan fingerprint density at radius 3 is 2.56 bits per heavy atom. The van der Waals surface area contributed by atoms with Crippen LogP contribution in [0.5, 0.6) is 0 Å². The summed E-state index contributed by atoms with van der Waals surface area (Å²) < 4.78 is 13.2. The van der Waals surface area contributed by atoms with Gasteiger partial charge >= 0.3 is 11.7 Å². The highest BCUT2D eigenvalue weighted by molar-refractivity contribution is 5.89. The molecular weight excluding hydrogens is 243 g/mol. The Morgan fingerprint density at radius 2 is 1.94 bits per heavy atom. The first-order chi connectivity index (χ1) is 8.47. The van der Waals surface area contributed by atoms with Gasteiger partial charge in [0.2, 0.25) is 0 Å². The predicted molar refractivity (Wildman–Crippen MR) is 60.0 cm³/mol. The van der Waals surface area contributed by atoms with E-state index >= 15 is 0 Å². The van der Waals surface area contributed by atoms with Crippen LogP contribution in [0.4, 0.5) is 4.39 Å². The van der Waals surface area contributed by atoms with Crippen molar-refractivity contribution in [1.82, 2.24) is 9.97 Å². The minimum atomic E-state index is -1.31. The Balaban J connectivity index is 2.67. The van der Waals surface area contributed by atoms with Gasteiger partial charge in [-0.15, -0.1) is 0 Å². The number of carboxylic acid groups (broad SMARTS) is 1. The Hall–Kier alpha value is -2.70. The van der Waals surface area contributed by atoms with E-state index in [-0.39, 0.29) is 16.7 Å². The molecule has 0 fully saturated rings. The topological polar surface area (TPSA) is 103 Å². The van der Waals surface area contributed by atoms with Gasteiger partial charge in [-0.3, -0.25) is 9.78 Å². The fraction of sp³-hybridized carbons (Fsp3) is 0. The van der Waals surface area contributed by atoms with Crippen LogP contribution in [0.3, 0.4) is 0 Å². The van der Waals surface area contributed by atoms with E-state index < -0.39 is 23.0 Å². The molecule has 0 atom stereocenters. The molecule has 1 heterocycles. The number of hydrogen-bond donors (Lipinski definition) is 3. The van der Waals surface area contributed by atoms with Gasteiger partial charge in [0.05, 0.1) is 11.1 Å². The standard InChI is InChI=1S/C11H7FN2O4/c12-7-2-5(1-6(3-7)10(16)17)8-4-13-11(18)14-9(8)15/h1-4H,(H,16,17)(H2,13,14,15,18). The van der Waals surface area contributed by atoms with Crippen LogP contribution in [0, 0.1) is 5.82 Å². The van der Waals surface area contributed by atoms with E-state index in [1.54, 1.807) is 0 Å². The second-order valence-corrected chi connectivity index (χ2v) is 3.52. The zero-order chi connectivity index (χ0) is 13.3. The van der Waals surface area contributed by atoms with E-state index in [2.05, 4.69) is 4.98 Å². The Labute approximate surface area is 98.7 Å². The molecular formula is C11H7FN2O4. The highest BCUT2D eigenvalue weighted by Gasteiger charge is 2.10. The SMILES string of the molecule is O=C(O)c1cc(F)cc(-c2c[nH]c(=O)[nH]c2=O)c1. The quantitative estimate of drug-likeness (QED) is 0.724. The first-order valence-electron chi connectivity index (χ1n) is 4.83. The van der Waals surface area contributed by atoms with Crippen LogP contribution in [-0.4, -0.2) is 21.0 Å². The lowest BCUT2D eigenvalue weighted by molar-refractivity contribution is 0.0696. The lowest BCUT2D eigenvalue weighted by Crippen LogP contribution is -2.22. The lowest BCUT2D eigenvalue weighted by Gasteiger charge is -2.02. The lowest BCUT2D eigenvalue weighted by atomic mass is 10.1. The number of hydrogen-bond acceptors (Lipinski definition) is 3. The van der Waals surface area contributed by atoms with E-state index in [9.17, 15) is 18.8 Å². The van der Waals surface area contributed by atoms with Gasteiger partial charge in [0.25, 0.3) is 5.56 Å². The van der Waals surface area contributed by atoms with E-state index in [4.69, 9.17) is 5.11 Å². The number of halogens is 1. The maximum atomic E-state index is 13.2. The molecule has 7 heteroatoms. The molecule has 2 aromatic rings. The number of rotatable bonds is 2. The molecule has 92 valence electrons. The number of aromatic amines is 2. The first-order valence-corrected chi connectivity index (χ1v) is 4.83. The van der Waals surface area contributed by atoms with Crippen LogP contribution in [0.1, 0.15) is 10.4 Å². The molecule has 1 aromatic carbocycles.